The molecule has 1 aromatic carbocycles. The van der Waals surface area contributed by atoms with Gasteiger partial charge in [0.2, 0.25) is 11.8 Å². The number of fused-ring (bicyclic) bond motifs is 2. The Labute approximate surface area is 212 Å². The zero-order valence-electron chi connectivity index (χ0n) is 20.6. The van der Waals surface area contributed by atoms with Crippen molar-refractivity contribution >= 4 is 11.7 Å². The van der Waals surface area contributed by atoms with Gasteiger partial charge in [-0.2, -0.15) is 0 Å². The van der Waals surface area contributed by atoms with Crippen LogP contribution in [0.3, 0.4) is 0 Å². The van der Waals surface area contributed by atoms with E-state index >= 15 is 0 Å². The lowest BCUT2D eigenvalue weighted by atomic mass is 10.2. The summed E-state index contributed by atoms with van der Waals surface area (Å²) in [5, 5.41) is 0. The number of aromatic nitrogens is 2. The first-order chi connectivity index (χ1) is 17.8. The summed E-state index contributed by atoms with van der Waals surface area (Å²) in [5.41, 5.74) is 0.958. The average Bonchev–Trinajstić information content (AvgIpc) is 2.94. The van der Waals surface area contributed by atoms with Gasteiger partial charge in [-0.3, -0.25) is 9.69 Å². The maximum atomic E-state index is 13.3. The topological polar surface area (TPSA) is 71.0 Å². The average molecular weight is 488 g/mol. The number of para-hydroxylation sites is 2. The molecule has 0 bridgehead atoms. The van der Waals surface area contributed by atoms with Gasteiger partial charge < -0.3 is 19.3 Å². The fourth-order valence-corrected chi connectivity index (χ4v) is 4.66. The van der Waals surface area contributed by atoms with E-state index in [1.807, 2.05) is 65.7 Å². The van der Waals surface area contributed by atoms with Crippen LogP contribution in [-0.2, 0) is 11.3 Å². The van der Waals surface area contributed by atoms with Gasteiger partial charge >= 0.3 is 0 Å². The molecule has 2 aromatic heterocycles. The van der Waals surface area contributed by atoms with Crippen LogP contribution in [0.1, 0.15) is 24.8 Å². The van der Waals surface area contributed by atoms with Gasteiger partial charge in [0, 0.05) is 50.7 Å². The number of pyridine rings is 2. The molecular formula is C28H33N5O3. The van der Waals surface area contributed by atoms with Gasteiger partial charge in [0.25, 0.3) is 0 Å². The molecule has 2 aliphatic heterocycles. The first-order valence-corrected chi connectivity index (χ1v) is 12.8. The van der Waals surface area contributed by atoms with Crippen LogP contribution in [0.4, 0.5) is 5.82 Å². The van der Waals surface area contributed by atoms with Crippen LogP contribution in [0, 0.1) is 0 Å². The maximum Gasteiger partial charge on any atom is 0.236 e. The predicted octanol–water partition coefficient (Wildman–Crippen LogP) is 3.98. The van der Waals surface area contributed by atoms with E-state index in [2.05, 4.69) is 19.8 Å². The molecule has 1 amide bonds. The van der Waals surface area contributed by atoms with Crippen molar-refractivity contribution in [2.45, 2.75) is 25.8 Å². The first kappa shape index (κ1) is 24.1. The SMILES string of the molecule is O=C(CN1CCCCCOc2ccccc2Oc2ncccc2C1)N1CCN(c2ccccn2)CC1. The number of nitrogens with zero attached hydrogens (tertiary/aromatic N) is 5. The number of piperazine rings is 1. The second-order valence-corrected chi connectivity index (χ2v) is 9.19. The molecule has 1 saturated heterocycles. The molecule has 0 saturated carbocycles. The maximum absolute atomic E-state index is 13.3. The minimum atomic E-state index is 0.167. The van der Waals surface area contributed by atoms with E-state index in [9.17, 15) is 4.79 Å². The molecule has 0 unspecified atom stereocenters. The van der Waals surface area contributed by atoms with Gasteiger partial charge in [0.15, 0.2) is 11.5 Å². The van der Waals surface area contributed by atoms with E-state index in [0.29, 0.717) is 44.4 Å². The van der Waals surface area contributed by atoms with E-state index < -0.39 is 0 Å². The van der Waals surface area contributed by atoms with Crippen molar-refractivity contribution in [3.05, 3.63) is 72.6 Å². The van der Waals surface area contributed by atoms with Gasteiger partial charge in [-0.25, -0.2) is 9.97 Å². The highest BCUT2D eigenvalue weighted by Gasteiger charge is 2.24. The Morgan fingerprint density at radius 2 is 1.61 bits per heavy atom. The number of amides is 1. The Morgan fingerprint density at radius 3 is 2.44 bits per heavy atom. The van der Waals surface area contributed by atoms with Crippen molar-refractivity contribution in [3.8, 4) is 17.4 Å². The Kier molecular flexibility index (Phi) is 7.93. The predicted molar refractivity (Wildman–Crippen MR) is 138 cm³/mol. The second kappa shape index (κ2) is 11.9. The molecule has 0 atom stereocenters. The summed E-state index contributed by atoms with van der Waals surface area (Å²) in [6, 6.07) is 17.6. The Hall–Kier alpha value is -3.65. The third kappa shape index (κ3) is 6.12. The molecule has 8 nitrogen and oxygen atoms in total. The number of rotatable bonds is 3. The summed E-state index contributed by atoms with van der Waals surface area (Å²) in [4.78, 5) is 28.7. The standard InChI is InChI=1S/C28H33N5O3/c34-27(33-18-16-32(17-19-33)26-12-4-5-13-29-26)22-31-15-6-1-7-20-35-24-10-2-3-11-25(24)36-28-23(21-31)9-8-14-30-28/h2-5,8-14H,1,6-7,15-22H2. The number of benzene rings is 1. The van der Waals surface area contributed by atoms with Crippen LogP contribution < -0.4 is 14.4 Å². The lowest BCUT2D eigenvalue weighted by molar-refractivity contribution is -0.132. The Morgan fingerprint density at radius 1 is 0.806 bits per heavy atom. The molecular weight excluding hydrogens is 454 g/mol. The monoisotopic (exact) mass is 487 g/mol. The molecule has 36 heavy (non-hydrogen) atoms. The van der Waals surface area contributed by atoms with Crippen LogP contribution in [-0.4, -0.2) is 71.6 Å². The number of anilines is 1. The molecule has 188 valence electrons. The molecule has 0 spiro atoms. The van der Waals surface area contributed by atoms with Crippen molar-refractivity contribution < 1.29 is 14.3 Å². The molecule has 0 N–H and O–H groups in total. The lowest BCUT2D eigenvalue weighted by Gasteiger charge is -2.36. The highest BCUT2D eigenvalue weighted by Crippen LogP contribution is 2.32. The van der Waals surface area contributed by atoms with Crippen LogP contribution in [0.15, 0.2) is 67.0 Å². The van der Waals surface area contributed by atoms with E-state index in [4.69, 9.17) is 9.47 Å². The number of hydrogen-bond acceptors (Lipinski definition) is 7. The number of carbonyl (C=O) groups excluding carboxylic acids is 1. The van der Waals surface area contributed by atoms with Gasteiger partial charge in [-0.1, -0.05) is 24.3 Å². The van der Waals surface area contributed by atoms with Crippen molar-refractivity contribution in [2.75, 3.05) is 50.8 Å². The Bertz CT molecular complexity index is 1130. The van der Waals surface area contributed by atoms with Crippen LogP contribution in [0.2, 0.25) is 0 Å². The van der Waals surface area contributed by atoms with E-state index in [-0.39, 0.29) is 5.91 Å². The molecule has 3 aromatic rings. The van der Waals surface area contributed by atoms with Crippen LogP contribution in [0.5, 0.6) is 17.4 Å². The lowest BCUT2D eigenvalue weighted by Crippen LogP contribution is -2.51. The van der Waals surface area contributed by atoms with Crippen molar-refractivity contribution in [2.24, 2.45) is 0 Å². The van der Waals surface area contributed by atoms with Crippen molar-refractivity contribution in [3.63, 3.8) is 0 Å². The summed E-state index contributed by atoms with van der Waals surface area (Å²) in [5.74, 6) is 3.07. The number of ether oxygens (including phenoxy) is 2. The zero-order chi connectivity index (χ0) is 24.6. The van der Waals surface area contributed by atoms with E-state index in [1.165, 1.54) is 0 Å². The highest BCUT2D eigenvalue weighted by atomic mass is 16.5. The molecule has 4 heterocycles. The van der Waals surface area contributed by atoms with Crippen molar-refractivity contribution in [1.29, 1.82) is 0 Å². The summed E-state index contributed by atoms with van der Waals surface area (Å²) < 4.78 is 12.2. The molecule has 5 rings (SSSR count). The fraction of sp³-hybridized carbons (Fsp3) is 0.393. The molecule has 1 fully saturated rings. The third-order valence-corrected chi connectivity index (χ3v) is 6.64. The van der Waals surface area contributed by atoms with Gasteiger partial charge in [0.1, 0.15) is 5.82 Å². The normalized spacial score (nSPS) is 17.3. The summed E-state index contributed by atoms with van der Waals surface area (Å²) in [6.45, 7) is 5.45. The minimum Gasteiger partial charge on any atom is -0.490 e. The molecule has 0 radical (unpaired) electrons. The van der Waals surface area contributed by atoms with Crippen LogP contribution in [0.25, 0.3) is 0 Å². The summed E-state index contributed by atoms with van der Waals surface area (Å²) >= 11 is 0. The first-order valence-electron chi connectivity index (χ1n) is 12.8. The Balaban J connectivity index is 1.26. The van der Waals surface area contributed by atoms with Gasteiger partial charge in [-0.05, 0) is 56.1 Å². The largest absolute Gasteiger partial charge is 0.490 e. The second-order valence-electron chi connectivity index (χ2n) is 9.19. The van der Waals surface area contributed by atoms with Crippen molar-refractivity contribution in [1.82, 2.24) is 19.8 Å². The summed E-state index contributed by atoms with van der Waals surface area (Å²) in [7, 11) is 0. The van der Waals surface area contributed by atoms with Crippen LogP contribution >= 0.6 is 0 Å². The fourth-order valence-electron chi connectivity index (χ4n) is 4.66. The van der Waals surface area contributed by atoms with E-state index in [1.54, 1.807) is 6.20 Å². The molecule has 8 heteroatoms. The quantitative estimate of drug-likeness (QED) is 0.553. The van der Waals surface area contributed by atoms with Gasteiger partial charge in [0.05, 0.1) is 13.2 Å². The van der Waals surface area contributed by atoms with Gasteiger partial charge in [-0.15, -0.1) is 0 Å². The highest BCUT2D eigenvalue weighted by molar-refractivity contribution is 5.78. The summed E-state index contributed by atoms with van der Waals surface area (Å²) in [6.07, 6.45) is 6.54. The van der Waals surface area contributed by atoms with E-state index in [0.717, 1.165) is 56.0 Å². The number of carbonyl (C=O) groups is 1. The zero-order valence-corrected chi connectivity index (χ0v) is 20.6. The smallest absolute Gasteiger partial charge is 0.236 e. The minimum absolute atomic E-state index is 0.167. The number of hydrogen-bond donors (Lipinski definition) is 0. The third-order valence-electron chi connectivity index (χ3n) is 6.64. The molecule has 2 aliphatic rings. The molecule has 0 aliphatic carbocycles.